The first kappa shape index (κ1) is 39.2. The number of ether oxygens (including phenoxy) is 2. The van der Waals surface area contributed by atoms with Crippen molar-refractivity contribution in [2.45, 2.75) is 88.9 Å². The van der Waals surface area contributed by atoms with E-state index in [4.69, 9.17) is 14.0 Å². The summed E-state index contributed by atoms with van der Waals surface area (Å²) < 4.78 is 17.2. The molecule has 3 aromatic carbocycles. The van der Waals surface area contributed by atoms with Crippen LogP contribution in [0.4, 0.5) is 0 Å². The molecule has 0 bridgehead atoms. The lowest BCUT2D eigenvalue weighted by Crippen LogP contribution is -2.67. The van der Waals surface area contributed by atoms with Crippen molar-refractivity contribution in [3.05, 3.63) is 95.6 Å². The minimum atomic E-state index is -2.76. The monoisotopic (exact) mass is 707 g/mol. The first-order chi connectivity index (χ1) is 23.7. The van der Waals surface area contributed by atoms with Crippen LogP contribution < -0.4 is 14.6 Å². The van der Waals surface area contributed by atoms with Crippen molar-refractivity contribution >= 4 is 14.5 Å². The molecule has 12 heteroatoms. The maximum Gasteiger partial charge on any atom is 0.306 e. The van der Waals surface area contributed by atoms with Gasteiger partial charge in [-0.3, -0.25) is 14.2 Å². The number of nitriles is 1. The zero-order valence-corrected chi connectivity index (χ0v) is 30.7. The predicted octanol–water partition coefficient (Wildman–Crippen LogP) is 5.77. The Morgan fingerprint density at radius 3 is 1.82 bits per heavy atom. The van der Waals surface area contributed by atoms with Gasteiger partial charge < -0.3 is 29.7 Å². The Labute approximate surface area is 296 Å². The average molecular weight is 708 g/mol. The molecule has 0 spiro atoms. The lowest BCUT2D eigenvalue weighted by Gasteiger charge is -2.54. The number of carboxylic acid groups (broad SMARTS) is 1. The molecule has 1 aliphatic rings. The maximum absolute atomic E-state index is 13.6. The van der Waals surface area contributed by atoms with Gasteiger partial charge in [-0.25, -0.2) is 5.09 Å². The molecule has 0 saturated heterocycles. The molecule has 6 atom stereocenters. The molecule has 11 nitrogen and oxygen atoms in total. The Morgan fingerprint density at radius 2 is 1.40 bits per heavy atom. The number of hydrogen-bond donors (Lipinski definition) is 5. The van der Waals surface area contributed by atoms with Gasteiger partial charge in [-0.2, -0.15) is 5.26 Å². The van der Waals surface area contributed by atoms with Crippen LogP contribution in [0.1, 0.15) is 70.6 Å². The molecule has 0 heterocycles. The van der Waals surface area contributed by atoms with Crippen LogP contribution in [0.3, 0.4) is 0 Å². The largest absolute Gasteiger partial charge is 0.497 e. The number of aliphatic hydroxyl groups is 2. The van der Waals surface area contributed by atoms with Gasteiger partial charge in [0.15, 0.2) is 0 Å². The third-order valence-corrected chi connectivity index (χ3v) is 11.1. The Bertz CT molecular complexity index is 1550. The zero-order valence-electron chi connectivity index (χ0n) is 29.8. The first-order valence-electron chi connectivity index (χ1n) is 16.8. The van der Waals surface area contributed by atoms with Gasteiger partial charge in [0.1, 0.15) is 17.1 Å². The molecule has 270 valence electrons. The van der Waals surface area contributed by atoms with E-state index >= 15 is 0 Å². The van der Waals surface area contributed by atoms with Crippen molar-refractivity contribution in [1.82, 2.24) is 9.99 Å². The van der Waals surface area contributed by atoms with Crippen molar-refractivity contribution < 1.29 is 39.0 Å². The fourth-order valence-electron chi connectivity index (χ4n) is 7.90. The van der Waals surface area contributed by atoms with Gasteiger partial charge in [0.25, 0.3) is 8.53 Å². The van der Waals surface area contributed by atoms with Crippen molar-refractivity contribution in [1.29, 1.82) is 5.26 Å². The molecule has 4 rings (SSSR count). The van der Waals surface area contributed by atoms with E-state index in [1.807, 2.05) is 62.9 Å². The summed E-state index contributed by atoms with van der Waals surface area (Å²) in [5.41, 5.74) is -2.17. The average Bonchev–Trinajstić information content (AvgIpc) is 3.35. The van der Waals surface area contributed by atoms with E-state index in [1.54, 1.807) is 62.8 Å². The number of carbonyl (C=O) groups is 1. The van der Waals surface area contributed by atoms with E-state index in [-0.39, 0.29) is 31.3 Å². The normalized spacial score (nSPS) is 22.7. The third-order valence-electron chi connectivity index (χ3n) is 10.1. The Kier molecular flexibility index (Phi) is 12.7. The highest BCUT2D eigenvalue weighted by molar-refractivity contribution is 7.43. The number of aliphatic carboxylic acids is 1. The van der Waals surface area contributed by atoms with Crippen LogP contribution >= 0.6 is 8.53 Å². The standard InChI is InChI=1S/C38H50N3O8P/c1-25(2)41(26(3)4)34(22-24-39)40-50(46)49-38(45)33(27(5)35(42)43)21-23-36(38,44)37(28-11-9-8-10-12-28,29-13-17-31(47-6)18-14-29)30-15-19-32(48-7)20-16-30/h8-20,25-27,33-34,40,44-46H,21-23H2,1-7H3,(H,42,43)/t27?,33?,34?,36-,38-,50?/m0/s1. The minimum Gasteiger partial charge on any atom is -0.497 e. The number of carboxylic acids is 1. The Hall–Kier alpha value is -3.59. The highest BCUT2D eigenvalue weighted by Gasteiger charge is 2.72. The second kappa shape index (κ2) is 16.2. The first-order valence-corrected chi connectivity index (χ1v) is 18.0. The third kappa shape index (κ3) is 7.12. The van der Waals surface area contributed by atoms with Gasteiger partial charge in [0.2, 0.25) is 5.79 Å². The van der Waals surface area contributed by atoms with E-state index in [9.17, 15) is 30.3 Å². The van der Waals surface area contributed by atoms with Crippen LogP contribution in [0.2, 0.25) is 0 Å². The van der Waals surface area contributed by atoms with Crippen LogP contribution in [0, 0.1) is 23.2 Å². The molecule has 0 radical (unpaired) electrons. The summed E-state index contributed by atoms with van der Waals surface area (Å²) in [4.78, 5) is 26.3. The van der Waals surface area contributed by atoms with Crippen molar-refractivity contribution in [2.24, 2.45) is 11.8 Å². The van der Waals surface area contributed by atoms with E-state index < -0.39 is 49.3 Å². The van der Waals surface area contributed by atoms with Crippen LogP contribution in [0.5, 0.6) is 11.5 Å². The molecular weight excluding hydrogens is 657 g/mol. The molecule has 3 aromatic rings. The van der Waals surface area contributed by atoms with E-state index in [0.29, 0.717) is 28.2 Å². The number of benzene rings is 3. The summed E-state index contributed by atoms with van der Waals surface area (Å²) in [5, 5.41) is 49.7. The summed E-state index contributed by atoms with van der Waals surface area (Å²) in [7, 11) is 0.341. The van der Waals surface area contributed by atoms with Gasteiger partial charge in [-0.1, -0.05) is 61.5 Å². The second-order valence-electron chi connectivity index (χ2n) is 13.4. The Morgan fingerprint density at radius 1 is 0.920 bits per heavy atom. The van der Waals surface area contributed by atoms with Crippen molar-refractivity contribution in [3.63, 3.8) is 0 Å². The molecule has 1 saturated carbocycles. The van der Waals surface area contributed by atoms with Gasteiger partial charge >= 0.3 is 5.97 Å². The summed E-state index contributed by atoms with van der Waals surface area (Å²) in [6, 6.07) is 25.5. The predicted molar refractivity (Wildman–Crippen MR) is 191 cm³/mol. The molecule has 0 aromatic heterocycles. The van der Waals surface area contributed by atoms with Crippen molar-refractivity contribution in [2.75, 3.05) is 14.2 Å². The van der Waals surface area contributed by atoms with Crippen LogP contribution in [0.25, 0.3) is 0 Å². The highest BCUT2D eigenvalue weighted by Crippen LogP contribution is 2.63. The summed E-state index contributed by atoms with van der Waals surface area (Å²) in [6.07, 6.45) is -0.738. The zero-order chi connectivity index (χ0) is 36.9. The van der Waals surface area contributed by atoms with Crippen LogP contribution in [-0.2, 0) is 14.7 Å². The SMILES string of the molecule is COc1ccc(C(c2ccccc2)(c2ccc(OC)cc2)[C@@]2(O)CCC(C(C)C(=O)O)[C@]2(O)OP(O)NC(CC#N)N(C(C)C)C(C)C)cc1. The highest BCUT2D eigenvalue weighted by atomic mass is 31.2. The Balaban J connectivity index is 2.03. The molecule has 0 aliphatic heterocycles. The fraction of sp³-hybridized carbons (Fsp3) is 0.474. The number of nitrogens with zero attached hydrogens (tertiary/aromatic N) is 2. The van der Waals surface area contributed by atoms with Gasteiger partial charge in [0.05, 0.1) is 44.2 Å². The number of rotatable bonds is 16. The minimum absolute atomic E-state index is 0.0115. The molecule has 4 unspecified atom stereocenters. The molecular formula is C38H50N3O8P. The molecule has 5 N–H and O–H groups in total. The van der Waals surface area contributed by atoms with Crippen LogP contribution in [-0.4, -0.2) is 74.9 Å². The topological polar surface area (TPSA) is 165 Å². The lowest BCUT2D eigenvalue weighted by atomic mass is 9.56. The molecule has 0 amide bonds. The maximum atomic E-state index is 13.6. The fourth-order valence-corrected chi connectivity index (χ4v) is 8.98. The summed E-state index contributed by atoms with van der Waals surface area (Å²) in [5.74, 6) is -5.05. The number of methoxy groups -OCH3 is 2. The molecule has 1 fully saturated rings. The van der Waals surface area contributed by atoms with E-state index in [0.717, 1.165) is 0 Å². The number of nitrogens with one attached hydrogen (secondary N) is 1. The van der Waals surface area contributed by atoms with Gasteiger partial charge in [0, 0.05) is 18.0 Å². The quantitative estimate of drug-likeness (QED) is 0.0697. The molecule has 1 aliphatic carbocycles. The van der Waals surface area contributed by atoms with Crippen LogP contribution in [0.15, 0.2) is 78.9 Å². The summed E-state index contributed by atoms with van der Waals surface area (Å²) >= 11 is 0. The second-order valence-corrected chi connectivity index (χ2v) is 14.4. The van der Waals surface area contributed by atoms with Gasteiger partial charge in [-0.05, 0) is 81.5 Å². The molecule has 50 heavy (non-hydrogen) atoms. The lowest BCUT2D eigenvalue weighted by molar-refractivity contribution is -0.281. The van der Waals surface area contributed by atoms with E-state index in [1.165, 1.54) is 6.92 Å². The van der Waals surface area contributed by atoms with Gasteiger partial charge in [-0.15, -0.1) is 0 Å². The smallest absolute Gasteiger partial charge is 0.306 e. The summed E-state index contributed by atoms with van der Waals surface area (Å²) in [6.45, 7) is 9.34. The number of hydrogen-bond acceptors (Lipinski definition) is 10. The van der Waals surface area contributed by atoms with E-state index in [2.05, 4.69) is 11.2 Å². The van der Waals surface area contributed by atoms with Crippen molar-refractivity contribution in [3.8, 4) is 17.6 Å².